The number of halogens is 3. The summed E-state index contributed by atoms with van der Waals surface area (Å²) in [6, 6.07) is 14.7. The molecule has 130 valence electrons. The fourth-order valence-electron chi connectivity index (χ4n) is 2.91. The van der Waals surface area contributed by atoms with E-state index in [1.807, 2.05) is 23.5 Å². The molecule has 0 radical (unpaired) electrons. The van der Waals surface area contributed by atoms with Crippen LogP contribution in [0.3, 0.4) is 0 Å². The number of fused-ring (bicyclic) bond motifs is 1. The maximum Gasteiger partial charge on any atom is 0.143 e. The summed E-state index contributed by atoms with van der Waals surface area (Å²) >= 11 is 0. The fourth-order valence-corrected chi connectivity index (χ4v) is 2.91. The number of imidazole rings is 1. The number of hydrogen-bond acceptors (Lipinski definition) is 2. The lowest BCUT2D eigenvalue weighted by Crippen LogP contribution is -2.00. The summed E-state index contributed by atoms with van der Waals surface area (Å²) < 4.78 is 42.7. The van der Waals surface area contributed by atoms with Gasteiger partial charge in [-0.05, 0) is 55.5 Å². The van der Waals surface area contributed by atoms with Crippen LogP contribution >= 0.6 is 0 Å². The Labute approximate surface area is 147 Å². The van der Waals surface area contributed by atoms with Gasteiger partial charge in [-0.1, -0.05) is 6.07 Å². The molecule has 0 aliphatic heterocycles. The lowest BCUT2D eigenvalue weighted by molar-refractivity contribution is 0.585. The summed E-state index contributed by atoms with van der Waals surface area (Å²) in [5.41, 5.74) is 2.65. The van der Waals surface area contributed by atoms with Gasteiger partial charge in [-0.15, -0.1) is 0 Å². The molecule has 0 aliphatic carbocycles. The third kappa shape index (κ3) is 2.79. The van der Waals surface area contributed by atoms with Gasteiger partial charge in [-0.2, -0.15) is 0 Å². The summed E-state index contributed by atoms with van der Waals surface area (Å²) in [5, 5.41) is 3.18. The number of rotatable bonds is 3. The average Bonchev–Trinajstić information content (AvgIpc) is 2.96. The van der Waals surface area contributed by atoms with Gasteiger partial charge >= 0.3 is 0 Å². The summed E-state index contributed by atoms with van der Waals surface area (Å²) in [7, 11) is 0. The predicted octanol–water partition coefficient (Wildman–Crippen LogP) is 5.47. The topological polar surface area (TPSA) is 29.3 Å². The Hall–Kier alpha value is -3.28. The Morgan fingerprint density at radius 3 is 2.35 bits per heavy atom. The summed E-state index contributed by atoms with van der Waals surface area (Å²) in [4.78, 5) is 4.51. The number of benzene rings is 2. The number of nitrogens with zero attached hydrogens (tertiary/aromatic N) is 2. The highest BCUT2D eigenvalue weighted by Crippen LogP contribution is 2.33. The Morgan fingerprint density at radius 2 is 1.62 bits per heavy atom. The molecule has 4 rings (SSSR count). The molecule has 4 aromatic rings. The minimum atomic E-state index is -0.701. The molecular weight excluding hydrogens is 339 g/mol. The number of aryl methyl sites for hydroxylation is 1. The van der Waals surface area contributed by atoms with Gasteiger partial charge in [-0.25, -0.2) is 18.2 Å². The first-order chi connectivity index (χ1) is 12.5. The summed E-state index contributed by atoms with van der Waals surface area (Å²) in [6.45, 7) is 1.90. The second-order valence-corrected chi connectivity index (χ2v) is 5.93. The van der Waals surface area contributed by atoms with Crippen molar-refractivity contribution in [2.75, 3.05) is 5.32 Å². The van der Waals surface area contributed by atoms with E-state index in [9.17, 15) is 13.2 Å². The summed E-state index contributed by atoms with van der Waals surface area (Å²) in [5.74, 6) is -1.18. The van der Waals surface area contributed by atoms with Gasteiger partial charge in [0.15, 0.2) is 0 Å². The molecule has 2 aromatic heterocycles. The van der Waals surface area contributed by atoms with Crippen molar-refractivity contribution in [2.24, 2.45) is 0 Å². The maximum absolute atomic E-state index is 14.4. The molecule has 1 N–H and O–H groups in total. The zero-order chi connectivity index (χ0) is 18.3. The van der Waals surface area contributed by atoms with E-state index < -0.39 is 11.6 Å². The molecular formula is C20H14F3N3. The van der Waals surface area contributed by atoms with Crippen LogP contribution < -0.4 is 5.32 Å². The van der Waals surface area contributed by atoms with Crippen LogP contribution in [0.25, 0.3) is 16.9 Å². The molecule has 0 bridgehead atoms. The van der Waals surface area contributed by atoms with Crippen molar-refractivity contribution >= 4 is 17.2 Å². The van der Waals surface area contributed by atoms with Gasteiger partial charge in [0, 0.05) is 23.0 Å². The highest BCUT2D eigenvalue weighted by Gasteiger charge is 2.19. The lowest BCUT2D eigenvalue weighted by Gasteiger charge is -2.11. The molecule has 0 amide bonds. The van der Waals surface area contributed by atoms with Crippen LogP contribution in [0.1, 0.15) is 5.69 Å². The van der Waals surface area contributed by atoms with Crippen molar-refractivity contribution < 1.29 is 13.2 Å². The van der Waals surface area contributed by atoms with Crippen LogP contribution in [0, 0.1) is 24.4 Å². The predicted molar refractivity (Wildman–Crippen MR) is 95.0 cm³/mol. The van der Waals surface area contributed by atoms with E-state index in [2.05, 4.69) is 10.3 Å². The quantitative estimate of drug-likeness (QED) is 0.529. The second kappa shape index (κ2) is 6.22. The van der Waals surface area contributed by atoms with Crippen molar-refractivity contribution in [3.05, 3.63) is 83.8 Å². The number of aromatic nitrogens is 2. The van der Waals surface area contributed by atoms with E-state index in [-0.39, 0.29) is 11.4 Å². The standard InChI is InChI=1S/C20H14F3N3/c1-12-3-2-4-18-25-19(16-10-7-14(22)11-17(16)23)20(26(12)18)24-15-8-5-13(21)6-9-15/h2-11,24H,1H3. The molecule has 0 spiro atoms. The van der Waals surface area contributed by atoms with Gasteiger partial charge in [0.1, 0.15) is 34.6 Å². The van der Waals surface area contributed by atoms with Gasteiger partial charge in [0.05, 0.1) is 0 Å². The van der Waals surface area contributed by atoms with Crippen LogP contribution in [0.5, 0.6) is 0 Å². The van der Waals surface area contributed by atoms with E-state index in [4.69, 9.17) is 0 Å². The number of pyridine rings is 1. The zero-order valence-corrected chi connectivity index (χ0v) is 13.8. The fraction of sp³-hybridized carbons (Fsp3) is 0.0500. The molecule has 26 heavy (non-hydrogen) atoms. The van der Waals surface area contributed by atoms with E-state index in [0.717, 1.165) is 11.8 Å². The van der Waals surface area contributed by atoms with Gasteiger partial charge in [0.25, 0.3) is 0 Å². The first-order valence-corrected chi connectivity index (χ1v) is 7.99. The van der Waals surface area contributed by atoms with Crippen molar-refractivity contribution in [3.63, 3.8) is 0 Å². The minimum Gasteiger partial charge on any atom is -0.339 e. The largest absolute Gasteiger partial charge is 0.339 e. The molecule has 6 heteroatoms. The molecule has 2 heterocycles. The molecule has 2 aromatic carbocycles. The van der Waals surface area contributed by atoms with E-state index in [0.29, 0.717) is 22.8 Å². The molecule has 0 unspecified atom stereocenters. The number of anilines is 2. The Balaban J connectivity index is 1.94. The van der Waals surface area contributed by atoms with E-state index >= 15 is 0 Å². The maximum atomic E-state index is 14.4. The lowest BCUT2D eigenvalue weighted by atomic mass is 10.1. The number of nitrogens with one attached hydrogen (secondary N) is 1. The smallest absolute Gasteiger partial charge is 0.143 e. The van der Waals surface area contributed by atoms with Crippen LogP contribution in [0.15, 0.2) is 60.7 Å². The third-order valence-corrected chi connectivity index (χ3v) is 4.13. The molecule has 0 aliphatic rings. The third-order valence-electron chi connectivity index (χ3n) is 4.13. The Bertz CT molecular complexity index is 1100. The monoisotopic (exact) mass is 353 g/mol. The van der Waals surface area contributed by atoms with Gasteiger partial charge < -0.3 is 5.32 Å². The average molecular weight is 353 g/mol. The minimum absolute atomic E-state index is 0.180. The number of hydrogen-bond donors (Lipinski definition) is 1. The molecule has 0 fully saturated rings. The molecule has 0 atom stereocenters. The van der Waals surface area contributed by atoms with Crippen molar-refractivity contribution in [2.45, 2.75) is 6.92 Å². The molecule has 3 nitrogen and oxygen atoms in total. The highest BCUT2D eigenvalue weighted by molar-refractivity contribution is 5.80. The normalized spacial score (nSPS) is 11.1. The first kappa shape index (κ1) is 16.2. The summed E-state index contributed by atoms with van der Waals surface area (Å²) in [6.07, 6.45) is 0. The van der Waals surface area contributed by atoms with Crippen LogP contribution in [-0.4, -0.2) is 9.38 Å². The van der Waals surface area contributed by atoms with Gasteiger partial charge in [-0.3, -0.25) is 4.40 Å². The van der Waals surface area contributed by atoms with E-state index in [1.54, 1.807) is 18.2 Å². The molecule has 0 saturated heterocycles. The van der Waals surface area contributed by atoms with Crippen LogP contribution in [0.2, 0.25) is 0 Å². The van der Waals surface area contributed by atoms with Crippen molar-refractivity contribution in [1.29, 1.82) is 0 Å². The zero-order valence-electron chi connectivity index (χ0n) is 13.8. The van der Waals surface area contributed by atoms with E-state index in [1.165, 1.54) is 24.3 Å². The SMILES string of the molecule is Cc1cccc2nc(-c3ccc(F)cc3F)c(Nc3ccc(F)cc3)n12. The Morgan fingerprint density at radius 1 is 0.885 bits per heavy atom. The van der Waals surface area contributed by atoms with Crippen LogP contribution in [-0.2, 0) is 0 Å². The molecule has 0 saturated carbocycles. The second-order valence-electron chi connectivity index (χ2n) is 5.93. The highest BCUT2D eigenvalue weighted by atomic mass is 19.1. The first-order valence-electron chi connectivity index (χ1n) is 7.99. The Kier molecular flexibility index (Phi) is 3.88. The van der Waals surface area contributed by atoms with Crippen molar-refractivity contribution in [1.82, 2.24) is 9.38 Å². The van der Waals surface area contributed by atoms with Gasteiger partial charge in [0.2, 0.25) is 0 Å². The van der Waals surface area contributed by atoms with Crippen molar-refractivity contribution in [3.8, 4) is 11.3 Å². The van der Waals surface area contributed by atoms with Crippen LogP contribution in [0.4, 0.5) is 24.7 Å².